The molecule has 0 bridgehead atoms. The number of aromatic nitrogens is 3. The molecule has 1 saturated carbocycles. The average Bonchev–Trinajstić information content (AvgIpc) is 3.02. The van der Waals surface area contributed by atoms with Gasteiger partial charge >= 0.3 is 6.36 Å². The third-order valence-corrected chi connectivity index (χ3v) is 4.88. The molecule has 1 fully saturated rings. The molecule has 1 aliphatic carbocycles. The number of hydrogen-bond acceptors (Lipinski definition) is 4. The van der Waals surface area contributed by atoms with E-state index in [0.29, 0.717) is 33.5 Å². The topological polar surface area (TPSA) is 60.0 Å². The predicted octanol–water partition coefficient (Wildman–Crippen LogP) is 5.89. The molecule has 148 valence electrons. The fraction of sp³-hybridized carbons (Fsp3) is 0.368. The number of benzene rings is 1. The predicted molar refractivity (Wildman–Crippen MR) is 98.5 cm³/mol. The van der Waals surface area contributed by atoms with E-state index in [1.54, 1.807) is 6.07 Å². The molecule has 5 nitrogen and oxygen atoms in total. The standard InChI is InChI=1S/C19H17ClF3N3O2/c20-14-10-15-17(26-18(24-15)27-12-4-2-1-3-5-12)25-16(14)11-6-8-13(9-7-11)28-19(21,22)23/h6-10,12H,1-5H2,(H,24,25,26). The molecule has 0 radical (unpaired) electrons. The van der Waals surface area contributed by atoms with Crippen molar-refractivity contribution in [2.45, 2.75) is 44.6 Å². The quantitative estimate of drug-likeness (QED) is 0.581. The largest absolute Gasteiger partial charge is 0.573 e. The molecule has 1 N–H and O–H groups in total. The molecule has 1 aliphatic rings. The Morgan fingerprint density at radius 3 is 2.43 bits per heavy atom. The molecular formula is C19H17ClF3N3O2. The number of nitrogens with one attached hydrogen (secondary N) is 1. The normalized spacial score (nSPS) is 15.7. The lowest BCUT2D eigenvalue weighted by Gasteiger charge is -2.21. The zero-order valence-electron chi connectivity index (χ0n) is 14.7. The van der Waals surface area contributed by atoms with Crippen molar-refractivity contribution < 1.29 is 22.6 Å². The molecule has 0 spiro atoms. The minimum atomic E-state index is -4.74. The van der Waals surface area contributed by atoms with Gasteiger partial charge in [-0.05, 0) is 56.0 Å². The van der Waals surface area contributed by atoms with E-state index in [0.717, 1.165) is 25.7 Å². The van der Waals surface area contributed by atoms with Crippen LogP contribution in [-0.4, -0.2) is 27.4 Å². The molecule has 0 unspecified atom stereocenters. The lowest BCUT2D eigenvalue weighted by molar-refractivity contribution is -0.274. The van der Waals surface area contributed by atoms with Crippen molar-refractivity contribution in [3.05, 3.63) is 35.4 Å². The third-order valence-electron chi connectivity index (χ3n) is 4.60. The number of ether oxygens (including phenoxy) is 2. The first-order chi connectivity index (χ1) is 13.4. The highest BCUT2D eigenvalue weighted by Crippen LogP contribution is 2.32. The van der Waals surface area contributed by atoms with Gasteiger partial charge in [0, 0.05) is 5.56 Å². The second-order valence-corrected chi connectivity index (χ2v) is 7.09. The minimum Gasteiger partial charge on any atom is -0.461 e. The Bertz CT molecular complexity index is 967. The molecule has 2 aromatic heterocycles. The number of hydrogen-bond donors (Lipinski definition) is 1. The van der Waals surface area contributed by atoms with Crippen LogP contribution in [0.2, 0.25) is 5.02 Å². The van der Waals surface area contributed by atoms with Crippen molar-refractivity contribution in [1.29, 1.82) is 0 Å². The second-order valence-electron chi connectivity index (χ2n) is 6.68. The average molecular weight is 412 g/mol. The number of aromatic amines is 1. The summed E-state index contributed by atoms with van der Waals surface area (Å²) in [6.45, 7) is 0. The number of fused-ring (bicyclic) bond motifs is 1. The van der Waals surface area contributed by atoms with Gasteiger partial charge in [-0.1, -0.05) is 18.0 Å². The number of H-pyrrole nitrogens is 1. The van der Waals surface area contributed by atoms with E-state index in [1.165, 1.54) is 30.7 Å². The van der Waals surface area contributed by atoms with Gasteiger partial charge in [0.2, 0.25) is 0 Å². The summed E-state index contributed by atoms with van der Waals surface area (Å²) in [6.07, 6.45) is 0.935. The molecule has 4 rings (SSSR count). The van der Waals surface area contributed by atoms with E-state index in [4.69, 9.17) is 16.3 Å². The van der Waals surface area contributed by atoms with Crippen molar-refractivity contribution in [2.24, 2.45) is 0 Å². The Morgan fingerprint density at radius 2 is 1.75 bits per heavy atom. The fourth-order valence-corrected chi connectivity index (χ4v) is 3.57. The van der Waals surface area contributed by atoms with Crippen LogP contribution < -0.4 is 9.47 Å². The highest BCUT2D eigenvalue weighted by atomic mass is 35.5. The number of rotatable bonds is 4. The van der Waals surface area contributed by atoms with Gasteiger partial charge in [0.1, 0.15) is 11.9 Å². The molecule has 0 saturated heterocycles. The summed E-state index contributed by atoms with van der Waals surface area (Å²) in [5.74, 6) is -0.309. The van der Waals surface area contributed by atoms with Gasteiger partial charge in [0.15, 0.2) is 5.65 Å². The van der Waals surface area contributed by atoms with Gasteiger partial charge in [0.25, 0.3) is 6.01 Å². The maximum absolute atomic E-state index is 12.3. The van der Waals surface area contributed by atoms with Crippen LogP contribution in [0.15, 0.2) is 30.3 Å². The summed E-state index contributed by atoms with van der Waals surface area (Å²) in [7, 11) is 0. The summed E-state index contributed by atoms with van der Waals surface area (Å²) >= 11 is 6.32. The lowest BCUT2D eigenvalue weighted by Crippen LogP contribution is -2.20. The van der Waals surface area contributed by atoms with E-state index in [-0.39, 0.29) is 11.9 Å². The highest BCUT2D eigenvalue weighted by Gasteiger charge is 2.31. The number of alkyl halides is 3. The zero-order chi connectivity index (χ0) is 19.7. The number of imidazole rings is 1. The van der Waals surface area contributed by atoms with Gasteiger partial charge in [0.05, 0.1) is 16.2 Å². The smallest absolute Gasteiger partial charge is 0.461 e. The SMILES string of the molecule is FC(F)(F)Oc1ccc(-c2nc3nc(OC4CCCCC4)[nH]c3cc2Cl)cc1. The van der Waals surface area contributed by atoms with E-state index in [1.807, 2.05) is 0 Å². The van der Waals surface area contributed by atoms with E-state index in [2.05, 4.69) is 19.7 Å². The summed E-state index contributed by atoms with van der Waals surface area (Å²) < 4.78 is 46.7. The monoisotopic (exact) mass is 411 g/mol. The Balaban J connectivity index is 1.58. The van der Waals surface area contributed by atoms with E-state index < -0.39 is 6.36 Å². The van der Waals surface area contributed by atoms with Crippen molar-refractivity contribution in [2.75, 3.05) is 0 Å². The van der Waals surface area contributed by atoms with Gasteiger partial charge < -0.3 is 14.5 Å². The van der Waals surface area contributed by atoms with Gasteiger partial charge in [-0.3, -0.25) is 0 Å². The van der Waals surface area contributed by atoms with E-state index >= 15 is 0 Å². The van der Waals surface area contributed by atoms with Crippen molar-refractivity contribution in [1.82, 2.24) is 15.0 Å². The summed E-state index contributed by atoms with van der Waals surface area (Å²) in [6, 6.07) is 7.44. The van der Waals surface area contributed by atoms with Crippen LogP contribution in [0.1, 0.15) is 32.1 Å². The Hall–Kier alpha value is -2.48. The maximum atomic E-state index is 12.3. The molecule has 0 atom stereocenters. The summed E-state index contributed by atoms with van der Waals surface area (Å²) in [4.78, 5) is 11.9. The molecule has 28 heavy (non-hydrogen) atoms. The second kappa shape index (κ2) is 7.50. The lowest BCUT2D eigenvalue weighted by atomic mass is 9.98. The van der Waals surface area contributed by atoms with Crippen LogP contribution in [0, 0.1) is 0 Å². The number of pyridine rings is 1. The first kappa shape index (κ1) is 18.9. The van der Waals surface area contributed by atoms with Crippen molar-refractivity contribution in [3.8, 4) is 23.0 Å². The highest BCUT2D eigenvalue weighted by molar-refractivity contribution is 6.33. The molecule has 0 amide bonds. The Morgan fingerprint density at radius 1 is 1.04 bits per heavy atom. The summed E-state index contributed by atoms with van der Waals surface area (Å²) in [5, 5.41) is 0.352. The van der Waals surface area contributed by atoms with Crippen molar-refractivity contribution in [3.63, 3.8) is 0 Å². The zero-order valence-corrected chi connectivity index (χ0v) is 15.5. The van der Waals surface area contributed by atoms with Gasteiger partial charge in [-0.25, -0.2) is 4.98 Å². The van der Waals surface area contributed by atoms with E-state index in [9.17, 15) is 13.2 Å². The first-order valence-corrected chi connectivity index (χ1v) is 9.34. The Labute approximate surface area is 163 Å². The molecule has 3 aromatic rings. The summed E-state index contributed by atoms with van der Waals surface area (Å²) in [5.41, 5.74) is 2.04. The third kappa shape index (κ3) is 4.32. The molecule has 9 heteroatoms. The van der Waals surface area contributed by atoms with Crippen LogP contribution in [0.5, 0.6) is 11.8 Å². The molecular weight excluding hydrogens is 395 g/mol. The van der Waals surface area contributed by atoms with Crippen LogP contribution >= 0.6 is 11.6 Å². The van der Waals surface area contributed by atoms with Crippen LogP contribution in [0.25, 0.3) is 22.4 Å². The molecule has 0 aliphatic heterocycles. The minimum absolute atomic E-state index is 0.144. The first-order valence-electron chi connectivity index (χ1n) is 8.96. The Kier molecular flexibility index (Phi) is 5.05. The van der Waals surface area contributed by atoms with Crippen LogP contribution in [0.3, 0.4) is 0 Å². The van der Waals surface area contributed by atoms with Gasteiger partial charge in [-0.15, -0.1) is 13.2 Å². The number of halogens is 4. The van der Waals surface area contributed by atoms with Crippen LogP contribution in [0.4, 0.5) is 13.2 Å². The van der Waals surface area contributed by atoms with Crippen molar-refractivity contribution >= 4 is 22.8 Å². The fourth-order valence-electron chi connectivity index (χ4n) is 3.31. The van der Waals surface area contributed by atoms with Crippen LogP contribution in [-0.2, 0) is 0 Å². The number of nitrogens with zero attached hydrogens (tertiary/aromatic N) is 2. The van der Waals surface area contributed by atoms with Gasteiger partial charge in [-0.2, -0.15) is 4.98 Å². The molecule has 2 heterocycles. The maximum Gasteiger partial charge on any atom is 0.573 e. The molecule has 1 aromatic carbocycles.